The molecular weight excluding hydrogens is 224 g/mol. The molecular formula is C12H10O5. The molecule has 1 heterocycles. The molecule has 17 heavy (non-hydrogen) atoms. The normalized spacial score (nSPS) is 10.2. The summed E-state index contributed by atoms with van der Waals surface area (Å²) in [6.07, 6.45) is 0. The van der Waals surface area contributed by atoms with Crippen LogP contribution < -0.4 is 10.4 Å². The molecule has 0 aliphatic rings. The zero-order chi connectivity index (χ0) is 12.3. The predicted molar refractivity (Wildman–Crippen MR) is 60.0 cm³/mol. The van der Waals surface area contributed by atoms with Crippen LogP contribution in [0.15, 0.2) is 39.5 Å². The molecule has 2 aromatic rings. The van der Waals surface area contributed by atoms with E-state index in [1.165, 1.54) is 13.2 Å². The predicted octanol–water partition coefficient (Wildman–Crippen LogP) is 1.34. The molecule has 0 saturated heterocycles. The van der Waals surface area contributed by atoms with Gasteiger partial charge in [0.15, 0.2) is 6.61 Å². The highest BCUT2D eigenvalue weighted by Crippen LogP contribution is 2.22. The van der Waals surface area contributed by atoms with Gasteiger partial charge in [0.25, 0.3) is 0 Å². The molecule has 2 rings (SSSR count). The van der Waals surface area contributed by atoms with Gasteiger partial charge in [0.2, 0.25) is 0 Å². The van der Waals surface area contributed by atoms with Crippen LogP contribution in [-0.4, -0.2) is 19.7 Å². The maximum absolute atomic E-state index is 11.3. The molecule has 0 radical (unpaired) electrons. The van der Waals surface area contributed by atoms with Crippen LogP contribution in [0.25, 0.3) is 11.0 Å². The third-order valence-corrected chi connectivity index (χ3v) is 2.19. The fourth-order valence-corrected chi connectivity index (χ4v) is 1.40. The summed E-state index contributed by atoms with van der Waals surface area (Å²) in [6, 6.07) is 8.13. The van der Waals surface area contributed by atoms with Crippen LogP contribution in [0, 0.1) is 0 Å². The summed E-state index contributed by atoms with van der Waals surface area (Å²) in [5.41, 5.74) is -0.108. The second-order valence-electron chi connectivity index (χ2n) is 3.29. The number of benzene rings is 1. The van der Waals surface area contributed by atoms with E-state index in [2.05, 4.69) is 4.74 Å². The van der Waals surface area contributed by atoms with Crippen LogP contribution in [0.1, 0.15) is 0 Å². The first-order valence-corrected chi connectivity index (χ1v) is 4.93. The number of carbonyl (C=O) groups excluding carboxylic acids is 1. The summed E-state index contributed by atoms with van der Waals surface area (Å²) in [5.74, 6) is -0.204. The number of ether oxygens (including phenoxy) is 2. The Morgan fingerprint density at radius 1 is 1.35 bits per heavy atom. The fourth-order valence-electron chi connectivity index (χ4n) is 1.40. The van der Waals surface area contributed by atoms with Crippen molar-refractivity contribution in [2.24, 2.45) is 0 Å². The Hall–Kier alpha value is -2.30. The lowest BCUT2D eigenvalue weighted by molar-refractivity contribution is -0.142. The highest BCUT2D eigenvalue weighted by atomic mass is 16.6. The Labute approximate surface area is 96.6 Å². The molecule has 0 N–H and O–H groups in total. The van der Waals surface area contributed by atoms with Gasteiger partial charge in [-0.2, -0.15) is 0 Å². The summed E-state index contributed by atoms with van der Waals surface area (Å²) in [7, 11) is 1.27. The average molecular weight is 234 g/mol. The van der Waals surface area contributed by atoms with E-state index in [0.29, 0.717) is 16.7 Å². The minimum Gasteiger partial charge on any atom is -0.481 e. The van der Waals surface area contributed by atoms with Gasteiger partial charge >= 0.3 is 11.6 Å². The Bertz CT molecular complexity index is 599. The molecule has 0 bridgehead atoms. The molecule has 1 aromatic carbocycles. The van der Waals surface area contributed by atoms with E-state index in [9.17, 15) is 9.59 Å². The van der Waals surface area contributed by atoms with E-state index >= 15 is 0 Å². The van der Waals surface area contributed by atoms with E-state index in [0.717, 1.165) is 0 Å². The van der Waals surface area contributed by atoms with Crippen LogP contribution in [-0.2, 0) is 9.53 Å². The Morgan fingerprint density at radius 3 is 2.88 bits per heavy atom. The van der Waals surface area contributed by atoms with Gasteiger partial charge in [-0.1, -0.05) is 12.1 Å². The first-order chi connectivity index (χ1) is 8.20. The smallest absolute Gasteiger partial charge is 0.343 e. The minimum absolute atomic E-state index is 0.246. The van der Waals surface area contributed by atoms with Crippen molar-refractivity contribution in [3.63, 3.8) is 0 Å². The van der Waals surface area contributed by atoms with Crippen LogP contribution in [0.2, 0.25) is 0 Å². The fraction of sp³-hybridized carbons (Fsp3) is 0.167. The van der Waals surface area contributed by atoms with Crippen molar-refractivity contribution in [3.05, 3.63) is 40.8 Å². The molecule has 0 atom stereocenters. The molecule has 5 nitrogen and oxygen atoms in total. The summed E-state index contributed by atoms with van der Waals surface area (Å²) in [4.78, 5) is 22.2. The first-order valence-electron chi connectivity index (χ1n) is 4.93. The zero-order valence-electron chi connectivity index (χ0n) is 9.14. The van der Waals surface area contributed by atoms with Crippen molar-refractivity contribution >= 4 is 16.9 Å². The summed E-state index contributed by atoms with van der Waals surface area (Å²) >= 11 is 0. The molecule has 0 unspecified atom stereocenters. The van der Waals surface area contributed by atoms with Gasteiger partial charge < -0.3 is 13.9 Å². The zero-order valence-corrected chi connectivity index (χ0v) is 9.14. The van der Waals surface area contributed by atoms with Crippen molar-refractivity contribution in [2.45, 2.75) is 0 Å². The van der Waals surface area contributed by atoms with Crippen LogP contribution in [0.5, 0.6) is 5.75 Å². The quantitative estimate of drug-likeness (QED) is 0.592. The largest absolute Gasteiger partial charge is 0.481 e. The maximum atomic E-state index is 11.3. The summed E-state index contributed by atoms with van der Waals surface area (Å²) < 4.78 is 14.7. The molecule has 0 aliphatic heterocycles. The topological polar surface area (TPSA) is 65.7 Å². The number of fused-ring (bicyclic) bond motifs is 1. The molecule has 1 aromatic heterocycles. The monoisotopic (exact) mass is 234 g/mol. The average Bonchev–Trinajstić information content (AvgIpc) is 2.35. The Kier molecular flexibility index (Phi) is 3.09. The van der Waals surface area contributed by atoms with Crippen molar-refractivity contribution in [1.29, 1.82) is 0 Å². The van der Waals surface area contributed by atoms with Crippen molar-refractivity contribution in [2.75, 3.05) is 13.7 Å². The lowest BCUT2D eigenvalue weighted by Gasteiger charge is -2.06. The minimum atomic E-state index is -0.524. The number of para-hydroxylation sites is 1. The van der Waals surface area contributed by atoms with Gasteiger partial charge in [0.05, 0.1) is 18.6 Å². The summed E-state index contributed by atoms with van der Waals surface area (Å²) in [5, 5.41) is 0.635. The van der Waals surface area contributed by atoms with Gasteiger partial charge in [-0.25, -0.2) is 9.59 Å². The molecule has 0 fully saturated rings. The van der Waals surface area contributed by atoms with E-state index < -0.39 is 11.6 Å². The Morgan fingerprint density at radius 2 is 2.12 bits per heavy atom. The van der Waals surface area contributed by atoms with Gasteiger partial charge in [-0.05, 0) is 12.1 Å². The van der Waals surface area contributed by atoms with E-state index in [4.69, 9.17) is 9.15 Å². The van der Waals surface area contributed by atoms with Crippen LogP contribution >= 0.6 is 0 Å². The number of rotatable bonds is 3. The lowest BCUT2D eigenvalue weighted by atomic mass is 10.2. The summed E-state index contributed by atoms with van der Waals surface area (Å²) in [6.45, 7) is -0.246. The maximum Gasteiger partial charge on any atom is 0.343 e. The van der Waals surface area contributed by atoms with E-state index in [-0.39, 0.29) is 6.61 Å². The number of methoxy groups -OCH3 is 1. The van der Waals surface area contributed by atoms with E-state index in [1.54, 1.807) is 24.3 Å². The molecule has 5 heteroatoms. The second-order valence-corrected chi connectivity index (χ2v) is 3.29. The number of carbonyl (C=O) groups is 1. The SMILES string of the molecule is COC(=O)COc1cc(=O)oc2ccccc12. The molecule has 0 saturated carbocycles. The third-order valence-electron chi connectivity index (χ3n) is 2.19. The number of esters is 1. The van der Waals surface area contributed by atoms with Gasteiger partial charge in [-0.15, -0.1) is 0 Å². The lowest BCUT2D eigenvalue weighted by Crippen LogP contribution is -2.13. The standard InChI is InChI=1S/C12H10O5/c1-15-12(14)7-16-10-6-11(13)17-9-5-3-2-4-8(9)10/h2-6H,7H2,1H3. The number of hydrogen-bond acceptors (Lipinski definition) is 5. The van der Waals surface area contributed by atoms with Crippen LogP contribution in [0.3, 0.4) is 0 Å². The van der Waals surface area contributed by atoms with Crippen LogP contribution in [0.4, 0.5) is 0 Å². The van der Waals surface area contributed by atoms with Crippen molar-refractivity contribution < 1.29 is 18.7 Å². The van der Waals surface area contributed by atoms with Gasteiger partial charge in [0, 0.05) is 0 Å². The third kappa shape index (κ3) is 2.44. The van der Waals surface area contributed by atoms with Gasteiger partial charge in [0.1, 0.15) is 11.3 Å². The molecule has 88 valence electrons. The number of hydrogen-bond donors (Lipinski definition) is 0. The van der Waals surface area contributed by atoms with Crippen molar-refractivity contribution in [3.8, 4) is 5.75 Å². The highest BCUT2D eigenvalue weighted by Gasteiger charge is 2.08. The second kappa shape index (κ2) is 4.69. The first kappa shape index (κ1) is 11.2. The molecule has 0 aliphatic carbocycles. The highest BCUT2D eigenvalue weighted by molar-refractivity contribution is 5.83. The molecule has 0 spiro atoms. The molecule has 0 amide bonds. The van der Waals surface area contributed by atoms with E-state index in [1.807, 2.05) is 0 Å². The van der Waals surface area contributed by atoms with Crippen molar-refractivity contribution in [1.82, 2.24) is 0 Å². The van der Waals surface area contributed by atoms with Gasteiger partial charge in [-0.3, -0.25) is 0 Å². The Balaban J connectivity index is 2.39.